The van der Waals surface area contributed by atoms with Crippen LogP contribution in [0, 0.1) is 0 Å². The fourth-order valence-corrected chi connectivity index (χ4v) is 4.47. The lowest BCUT2D eigenvalue weighted by atomic mass is 10.1. The van der Waals surface area contributed by atoms with Crippen molar-refractivity contribution in [3.8, 4) is 11.3 Å². The van der Waals surface area contributed by atoms with Crippen LogP contribution in [-0.2, 0) is 12.7 Å². The zero-order valence-corrected chi connectivity index (χ0v) is 20.5. The molecule has 1 fully saturated rings. The largest absolute Gasteiger partial charge is 0.416 e. The Labute approximate surface area is 215 Å². The number of fused-ring (bicyclic) bond motifs is 2. The van der Waals surface area contributed by atoms with Gasteiger partial charge in [-0.2, -0.15) is 22.8 Å². The average molecular weight is 520 g/mol. The number of piperazine rings is 1. The molecule has 5 aromatic rings. The van der Waals surface area contributed by atoms with E-state index < -0.39 is 11.7 Å². The predicted molar refractivity (Wildman–Crippen MR) is 138 cm³/mol. The highest BCUT2D eigenvalue weighted by atomic mass is 19.4. The first-order chi connectivity index (χ1) is 18.3. The molecule has 1 N–H and O–H groups in total. The van der Waals surface area contributed by atoms with Crippen LogP contribution < -0.4 is 10.2 Å². The summed E-state index contributed by atoms with van der Waals surface area (Å²) in [7, 11) is 2.05. The molecular weight excluding hydrogens is 495 g/mol. The van der Waals surface area contributed by atoms with Gasteiger partial charge in [-0.15, -0.1) is 10.2 Å². The quantitative estimate of drug-likeness (QED) is 0.371. The second-order valence-electron chi connectivity index (χ2n) is 9.23. The standard InChI is InChI=1S/C26H24F3N9/c1-36-9-11-37(12-10-36)23-15-30-20-13-18(26(27,28)29)14-21(25(20)32-23)31-16-24-34-33-22-8-7-19(35-38(22)24)17-5-3-2-4-6-17/h2-8,13-15,31H,9-12,16H2,1H3. The highest BCUT2D eigenvalue weighted by Gasteiger charge is 2.32. The fraction of sp³-hybridized carbons (Fsp3) is 0.269. The van der Waals surface area contributed by atoms with E-state index >= 15 is 0 Å². The summed E-state index contributed by atoms with van der Waals surface area (Å²) in [5, 5.41) is 16.1. The minimum atomic E-state index is -4.53. The van der Waals surface area contributed by atoms with E-state index in [0.29, 0.717) is 22.8 Å². The number of nitrogens with one attached hydrogen (secondary N) is 1. The molecule has 0 unspecified atom stereocenters. The van der Waals surface area contributed by atoms with Crippen molar-refractivity contribution < 1.29 is 13.2 Å². The van der Waals surface area contributed by atoms with E-state index in [9.17, 15) is 13.2 Å². The number of nitrogens with zero attached hydrogens (tertiary/aromatic N) is 8. The number of benzene rings is 2. The fourth-order valence-electron chi connectivity index (χ4n) is 4.47. The summed E-state index contributed by atoms with van der Waals surface area (Å²) in [4.78, 5) is 13.4. The van der Waals surface area contributed by atoms with E-state index in [0.717, 1.165) is 49.6 Å². The maximum absolute atomic E-state index is 13.7. The van der Waals surface area contributed by atoms with Crippen LogP contribution >= 0.6 is 0 Å². The van der Waals surface area contributed by atoms with Crippen LogP contribution in [0.5, 0.6) is 0 Å². The molecule has 6 rings (SSSR count). The van der Waals surface area contributed by atoms with Crippen molar-refractivity contribution in [2.24, 2.45) is 0 Å². The van der Waals surface area contributed by atoms with Crippen molar-refractivity contribution in [1.29, 1.82) is 0 Å². The maximum atomic E-state index is 13.7. The lowest BCUT2D eigenvalue weighted by molar-refractivity contribution is -0.137. The lowest BCUT2D eigenvalue weighted by Gasteiger charge is -2.33. The zero-order valence-electron chi connectivity index (χ0n) is 20.5. The SMILES string of the molecule is CN1CCN(c2cnc3cc(C(F)(F)F)cc(NCc4nnc5ccc(-c6ccccc6)nn45)c3n2)CC1. The van der Waals surface area contributed by atoms with Crippen LogP contribution in [-0.4, -0.2) is 67.9 Å². The molecule has 0 radical (unpaired) electrons. The van der Waals surface area contributed by atoms with Gasteiger partial charge in [0.2, 0.25) is 0 Å². The molecule has 12 heteroatoms. The Hall–Kier alpha value is -4.32. The molecule has 1 aliphatic heterocycles. The van der Waals surface area contributed by atoms with Gasteiger partial charge in [-0.3, -0.25) is 4.98 Å². The number of alkyl halides is 3. The first-order valence-electron chi connectivity index (χ1n) is 12.2. The van der Waals surface area contributed by atoms with Crippen molar-refractivity contribution in [3.05, 3.63) is 72.2 Å². The van der Waals surface area contributed by atoms with Gasteiger partial charge in [0.1, 0.15) is 11.3 Å². The normalized spacial score (nSPS) is 14.9. The number of hydrogen-bond donors (Lipinski definition) is 1. The Bertz CT molecular complexity index is 1590. The summed E-state index contributed by atoms with van der Waals surface area (Å²) in [6.07, 6.45) is -2.99. The molecular formula is C26H24F3N9. The van der Waals surface area contributed by atoms with Crippen LogP contribution in [0.2, 0.25) is 0 Å². The van der Waals surface area contributed by atoms with Gasteiger partial charge < -0.3 is 15.1 Å². The van der Waals surface area contributed by atoms with Crippen LogP contribution in [0.3, 0.4) is 0 Å². The number of halogens is 3. The van der Waals surface area contributed by atoms with Gasteiger partial charge in [-0.05, 0) is 31.3 Å². The van der Waals surface area contributed by atoms with Gasteiger partial charge in [0.15, 0.2) is 11.5 Å². The smallest absolute Gasteiger partial charge is 0.376 e. The molecule has 1 aliphatic rings. The highest BCUT2D eigenvalue weighted by Crippen LogP contribution is 2.35. The second-order valence-corrected chi connectivity index (χ2v) is 9.23. The summed E-state index contributed by atoms with van der Waals surface area (Å²) in [6, 6.07) is 15.4. The molecule has 0 bridgehead atoms. The van der Waals surface area contributed by atoms with Gasteiger partial charge in [0.25, 0.3) is 0 Å². The van der Waals surface area contributed by atoms with E-state index in [4.69, 9.17) is 4.98 Å². The van der Waals surface area contributed by atoms with E-state index in [2.05, 4.69) is 42.4 Å². The molecule has 2 aromatic carbocycles. The van der Waals surface area contributed by atoms with E-state index in [1.54, 1.807) is 16.8 Å². The Morgan fingerprint density at radius 2 is 1.74 bits per heavy atom. The van der Waals surface area contributed by atoms with Gasteiger partial charge in [-0.1, -0.05) is 30.3 Å². The van der Waals surface area contributed by atoms with Crippen molar-refractivity contribution in [2.45, 2.75) is 12.7 Å². The first kappa shape index (κ1) is 24.0. The Kier molecular flexibility index (Phi) is 6.03. The number of rotatable bonds is 5. The zero-order chi connectivity index (χ0) is 26.3. The van der Waals surface area contributed by atoms with Crippen LogP contribution in [0.25, 0.3) is 27.9 Å². The summed E-state index contributed by atoms with van der Waals surface area (Å²) < 4.78 is 42.7. The molecule has 0 amide bonds. The van der Waals surface area contributed by atoms with Crippen LogP contribution in [0.15, 0.2) is 60.8 Å². The molecule has 0 spiro atoms. The molecule has 0 aliphatic carbocycles. The van der Waals surface area contributed by atoms with Crippen LogP contribution in [0.1, 0.15) is 11.4 Å². The summed E-state index contributed by atoms with van der Waals surface area (Å²) >= 11 is 0. The summed E-state index contributed by atoms with van der Waals surface area (Å²) in [5.41, 5.74) is 2.13. The molecule has 9 nitrogen and oxygen atoms in total. The topological polar surface area (TPSA) is 87.4 Å². The summed E-state index contributed by atoms with van der Waals surface area (Å²) in [6.45, 7) is 3.36. The van der Waals surface area contributed by atoms with Crippen molar-refractivity contribution in [1.82, 2.24) is 34.7 Å². The Morgan fingerprint density at radius 1 is 0.947 bits per heavy atom. The molecule has 38 heavy (non-hydrogen) atoms. The molecule has 1 saturated heterocycles. The molecule has 4 heterocycles. The van der Waals surface area contributed by atoms with Crippen LogP contribution in [0.4, 0.5) is 24.7 Å². The van der Waals surface area contributed by atoms with Gasteiger partial charge in [-0.25, -0.2) is 4.98 Å². The third-order valence-electron chi connectivity index (χ3n) is 6.62. The number of likely N-dealkylation sites (N-methyl/N-ethyl adjacent to an activating group) is 1. The third-order valence-corrected chi connectivity index (χ3v) is 6.62. The first-order valence-corrected chi connectivity index (χ1v) is 12.2. The number of anilines is 2. The number of hydrogen-bond acceptors (Lipinski definition) is 8. The second kappa shape index (κ2) is 9.53. The predicted octanol–water partition coefficient (Wildman–Crippen LogP) is 4.12. The minimum absolute atomic E-state index is 0.0865. The van der Waals surface area contributed by atoms with E-state index in [-0.39, 0.29) is 17.7 Å². The lowest BCUT2D eigenvalue weighted by Crippen LogP contribution is -2.44. The van der Waals surface area contributed by atoms with Gasteiger partial charge in [0, 0.05) is 31.7 Å². The minimum Gasteiger partial charge on any atom is -0.376 e. The molecule has 0 atom stereocenters. The molecule has 0 saturated carbocycles. The third kappa shape index (κ3) is 4.70. The maximum Gasteiger partial charge on any atom is 0.416 e. The Balaban J connectivity index is 1.35. The number of aromatic nitrogens is 6. The van der Waals surface area contributed by atoms with Crippen molar-refractivity contribution in [3.63, 3.8) is 0 Å². The highest BCUT2D eigenvalue weighted by molar-refractivity contribution is 5.89. The Morgan fingerprint density at radius 3 is 2.50 bits per heavy atom. The van der Waals surface area contributed by atoms with Gasteiger partial charge in [0.05, 0.1) is 35.2 Å². The van der Waals surface area contributed by atoms with Gasteiger partial charge >= 0.3 is 6.18 Å². The van der Waals surface area contributed by atoms with E-state index in [1.807, 2.05) is 36.4 Å². The molecule has 194 valence electrons. The van der Waals surface area contributed by atoms with Crippen molar-refractivity contribution >= 4 is 28.2 Å². The molecule has 3 aromatic heterocycles. The van der Waals surface area contributed by atoms with Crippen molar-refractivity contribution in [2.75, 3.05) is 43.4 Å². The average Bonchev–Trinajstić information content (AvgIpc) is 3.34. The van der Waals surface area contributed by atoms with E-state index in [1.165, 1.54) is 0 Å². The summed E-state index contributed by atoms with van der Waals surface area (Å²) in [5.74, 6) is 1.09. The monoisotopic (exact) mass is 519 g/mol.